The van der Waals surface area contributed by atoms with Crippen molar-refractivity contribution in [2.24, 2.45) is 0 Å². The first-order valence-electron chi connectivity index (χ1n) is 10.8. The third-order valence-corrected chi connectivity index (χ3v) is 6.23. The minimum atomic E-state index is -4.42. The largest absolute Gasteiger partial charge is 0.408 e. The Morgan fingerprint density at radius 3 is 2.31 bits per heavy atom. The van der Waals surface area contributed by atoms with Crippen LogP contribution in [0.4, 0.5) is 13.2 Å². The molecule has 0 fully saturated rings. The molecule has 0 bridgehead atoms. The first-order valence-corrected chi connectivity index (χ1v) is 10.8. The Kier molecular flexibility index (Phi) is 5.53. The highest BCUT2D eigenvalue weighted by Crippen LogP contribution is 2.41. The third kappa shape index (κ3) is 4.05. The second-order valence-electron chi connectivity index (χ2n) is 8.53. The van der Waals surface area contributed by atoms with E-state index >= 15 is 0 Å². The maximum atomic E-state index is 13.8. The van der Waals surface area contributed by atoms with Crippen molar-refractivity contribution in [3.05, 3.63) is 77.0 Å². The molecule has 2 N–H and O–H groups in total. The Balaban J connectivity index is 1.41. The van der Waals surface area contributed by atoms with E-state index in [1.165, 1.54) is 11.1 Å². The van der Waals surface area contributed by atoms with Crippen molar-refractivity contribution in [2.75, 3.05) is 13.1 Å². The number of hydrogen-bond donors (Lipinski definition) is 2. The highest BCUT2D eigenvalue weighted by atomic mass is 19.4. The molecule has 5 nitrogen and oxygen atoms in total. The van der Waals surface area contributed by atoms with Gasteiger partial charge in [0.05, 0.1) is 18.3 Å². The molecule has 0 spiro atoms. The monoisotopic (exact) mass is 442 g/mol. The van der Waals surface area contributed by atoms with Gasteiger partial charge in [-0.2, -0.15) is 18.3 Å². The number of alkyl halides is 3. The molecular weight excluding hydrogens is 417 g/mol. The van der Waals surface area contributed by atoms with Crippen molar-refractivity contribution in [3.63, 3.8) is 0 Å². The zero-order valence-electron chi connectivity index (χ0n) is 17.5. The van der Waals surface area contributed by atoms with Crippen molar-refractivity contribution in [2.45, 2.75) is 44.4 Å². The van der Waals surface area contributed by atoms with Gasteiger partial charge in [0.15, 0.2) is 0 Å². The van der Waals surface area contributed by atoms with Gasteiger partial charge < -0.3 is 10.4 Å². The Morgan fingerprint density at radius 1 is 1.00 bits per heavy atom. The number of rotatable bonds is 5. The standard InChI is InChI=1S/C24H25F3N4O/c25-24(26,27)23-21-20(10-11-28-23)31(29-22(21)16-6-2-1-3-7-16)15-19(32)14-30-12-17-8-4-5-9-18(17)13-30/h1-9,19,23,28,32H,10-15H2. The van der Waals surface area contributed by atoms with E-state index in [1.807, 2.05) is 18.2 Å². The predicted molar refractivity (Wildman–Crippen MR) is 115 cm³/mol. The van der Waals surface area contributed by atoms with Crippen LogP contribution in [0, 0.1) is 0 Å². The molecule has 0 saturated heterocycles. The number of nitrogens with one attached hydrogen (secondary N) is 1. The molecule has 2 aromatic carbocycles. The van der Waals surface area contributed by atoms with Crippen LogP contribution < -0.4 is 5.32 Å². The molecule has 3 heterocycles. The number of hydrogen-bond acceptors (Lipinski definition) is 4. The van der Waals surface area contributed by atoms with Crippen LogP contribution in [-0.2, 0) is 26.1 Å². The van der Waals surface area contributed by atoms with Gasteiger partial charge in [-0.3, -0.25) is 9.58 Å². The smallest absolute Gasteiger partial charge is 0.390 e. The van der Waals surface area contributed by atoms with Gasteiger partial charge in [-0.05, 0) is 11.1 Å². The minimum Gasteiger partial charge on any atom is -0.390 e. The summed E-state index contributed by atoms with van der Waals surface area (Å²) in [7, 11) is 0. The van der Waals surface area contributed by atoms with Crippen LogP contribution in [0.2, 0.25) is 0 Å². The van der Waals surface area contributed by atoms with Crippen molar-refractivity contribution in [1.29, 1.82) is 0 Å². The Labute approximate surface area is 184 Å². The highest BCUT2D eigenvalue weighted by molar-refractivity contribution is 5.65. The van der Waals surface area contributed by atoms with E-state index in [-0.39, 0.29) is 18.7 Å². The number of aromatic nitrogens is 2. The van der Waals surface area contributed by atoms with E-state index in [0.29, 0.717) is 29.9 Å². The molecule has 3 aromatic rings. The minimum absolute atomic E-state index is 0.159. The van der Waals surface area contributed by atoms with Crippen LogP contribution in [0.3, 0.4) is 0 Å². The van der Waals surface area contributed by atoms with E-state index in [0.717, 1.165) is 13.1 Å². The first-order chi connectivity index (χ1) is 15.4. The summed E-state index contributed by atoms with van der Waals surface area (Å²) in [4.78, 5) is 2.16. The van der Waals surface area contributed by atoms with Gasteiger partial charge in [0.25, 0.3) is 0 Å². The average Bonchev–Trinajstić information content (AvgIpc) is 3.34. The molecule has 2 aliphatic rings. The number of aliphatic hydroxyl groups excluding tert-OH is 1. The Morgan fingerprint density at radius 2 is 1.66 bits per heavy atom. The molecule has 8 heteroatoms. The molecule has 0 saturated carbocycles. The van der Waals surface area contributed by atoms with Gasteiger partial charge in [-0.1, -0.05) is 54.6 Å². The molecule has 32 heavy (non-hydrogen) atoms. The maximum Gasteiger partial charge on any atom is 0.408 e. The normalized spacial score (nSPS) is 19.6. The van der Waals surface area contributed by atoms with Crippen molar-refractivity contribution in [1.82, 2.24) is 20.0 Å². The zero-order valence-corrected chi connectivity index (χ0v) is 17.5. The van der Waals surface area contributed by atoms with Gasteiger partial charge in [-0.25, -0.2) is 0 Å². The van der Waals surface area contributed by atoms with Crippen molar-refractivity contribution in [3.8, 4) is 11.3 Å². The van der Waals surface area contributed by atoms with E-state index < -0.39 is 18.3 Å². The molecule has 2 aliphatic heterocycles. The number of β-amino-alcohol motifs (C(OH)–C–C–N with tert-alkyl or cyclic N) is 1. The molecule has 0 amide bonds. The summed E-state index contributed by atoms with van der Waals surface area (Å²) in [5.74, 6) is 0. The number of aliphatic hydroxyl groups is 1. The molecule has 0 aliphatic carbocycles. The molecule has 1 aromatic heterocycles. The summed E-state index contributed by atoms with van der Waals surface area (Å²) in [6, 6.07) is 15.4. The van der Waals surface area contributed by atoms with Crippen LogP contribution in [0.15, 0.2) is 54.6 Å². The van der Waals surface area contributed by atoms with Crippen LogP contribution in [0.1, 0.15) is 28.4 Å². The van der Waals surface area contributed by atoms with E-state index in [1.54, 1.807) is 28.9 Å². The molecule has 168 valence electrons. The fraction of sp³-hybridized carbons (Fsp3) is 0.375. The van der Waals surface area contributed by atoms with Gasteiger partial charge >= 0.3 is 6.18 Å². The fourth-order valence-electron chi connectivity index (χ4n) is 4.84. The fourth-order valence-corrected chi connectivity index (χ4v) is 4.84. The lowest BCUT2D eigenvalue weighted by atomic mass is 9.94. The van der Waals surface area contributed by atoms with Crippen LogP contribution in [0.25, 0.3) is 11.3 Å². The van der Waals surface area contributed by atoms with E-state index in [4.69, 9.17) is 0 Å². The lowest BCUT2D eigenvalue weighted by Crippen LogP contribution is -2.40. The Bertz CT molecular complexity index is 1070. The summed E-state index contributed by atoms with van der Waals surface area (Å²) in [5, 5.41) is 18.0. The number of benzene rings is 2. The van der Waals surface area contributed by atoms with Crippen LogP contribution >= 0.6 is 0 Å². The van der Waals surface area contributed by atoms with Gasteiger partial charge in [-0.15, -0.1) is 0 Å². The zero-order chi connectivity index (χ0) is 22.3. The third-order valence-electron chi connectivity index (χ3n) is 6.23. The SMILES string of the molecule is OC(CN1Cc2ccccc2C1)Cn1nc(-c2ccccc2)c2c1CCNC2C(F)(F)F. The molecule has 0 radical (unpaired) electrons. The van der Waals surface area contributed by atoms with E-state index in [2.05, 4.69) is 27.4 Å². The Hall–Kier alpha value is -2.68. The topological polar surface area (TPSA) is 53.3 Å². The van der Waals surface area contributed by atoms with Crippen molar-refractivity contribution < 1.29 is 18.3 Å². The maximum absolute atomic E-state index is 13.8. The summed E-state index contributed by atoms with van der Waals surface area (Å²) in [6.07, 6.45) is -4.73. The van der Waals surface area contributed by atoms with Gasteiger partial charge in [0.2, 0.25) is 0 Å². The quantitative estimate of drug-likeness (QED) is 0.633. The second kappa shape index (κ2) is 8.35. The van der Waals surface area contributed by atoms with Crippen LogP contribution in [0.5, 0.6) is 0 Å². The number of nitrogens with zero attached hydrogens (tertiary/aromatic N) is 3. The van der Waals surface area contributed by atoms with Gasteiger partial charge in [0, 0.05) is 49.4 Å². The highest BCUT2D eigenvalue weighted by Gasteiger charge is 2.46. The average molecular weight is 442 g/mol. The second-order valence-corrected chi connectivity index (χ2v) is 8.53. The number of halogens is 3. The first kappa shape index (κ1) is 21.2. The molecule has 2 unspecified atom stereocenters. The summed E-state index contributed by atoms with van der Waals surface area (Å²) in [6.45, 7) is 2.34. The summed E-state index contributed by atoms with van der Waals surface area (Å²) >= 11 is 0. The number of fused-ring (bicyclic) bond motifs is 2. The lowest BCUT2D eigenvalue weighted by Gasteiger charge is -2.28. The molecule has 2 atom stereocenters. The van der Waals surface area contributed by atoms with Gasteiger partial charge in [0.1, 0.15) is 6.04 Å². The summed E-state index contributed by atoms with van der Waals surface area (Å²) in [5.41, 5.74) is 4.20. The predicted octanol–water partition coefficient (Wildman–Crippen LogP) is 3.68. The van der Waals surface area contributed by atoms with E-state index in [9.17, 15) is 18.3 Å². The summed E-state index contributed by atoms with van der Waals surface area (Å²) < 4.78 is 43.1. The van der Waals surface area contributed by atoms with Crippen molar-refractivity contribution >= 4 is 0 Å². The molecule has 5 rings (SSSR count). The molecular formula is C24H25F3N4O. The van der Waals surface area contributed by atoms with Crippen LogP contribution in [-0.4, -0.2) is 45.2 Å². The lowest BCUT2D eigenvalue weighted by molar-refractivity contribution is -0.158.